The molecule has 36 valence electrons. The first kappa shape index (κ1) is 4.02. The van der Waals surface area contributed by atoms with Crippen LogP contribution in [0.3, 0.4) is 0 Å². The highest BCUT2D eigenvalue weighted by atomic mass is 19.2. The van der Waals surface area contributed by atoms with Crippen molar-refractivity contribution in [3.05, 3.63) is 0 Å². The molecule has 0 aromatic carbocycles. The van der Waals surface area contributed by atoms with E-state index >= 15 is 0 Å². The van der Waals surface area contributed by atoms with Gasteiger partial charge in [0.1, 0.15) is 0 Å². The molecule has 1 aliphatic rings. The molecule has 0 saturated carbocycles. The summed E-state index contributed by atoms with van der Waals surface area (Å²) < 4.78 is 11.5. The molecule has 6 heavy (non-hydrogen) atoms. The zero-order valence-corrected chi connectivity index (χ0v) is 3.35. The number of hydroxylamine groups is 1. The maximum Gasteiger partial charge on any atom is 0.0728 e. The van der Waals surface area contributed by atoms with Crippen molar-refractivity contribution in [3.8, 4) is 0 Å². The molecule has 1 heterocycles. The van der Waals surface area contributed by atoms with Gasteiger partial charge in [0.15, 0.2) is 0 Å². The maximum atomic E-state index is 11.5. The lowest BCUT2D eigenvalue weighted by molar-refractivity contribution is -0.241. The highest BCUT2D eigenvalue weighted by Gasteiger charge is 2.08. The van der Waals surface area contributed by atoms with E-state index in [2.05, 4.69) is 4.84 Å². The lowest BCUT2D eigenvalue weighted by Crippen LogP contribution is -2.02. The van der Waals surface area contributed by atoms with Gasteiger partial charge >= 0.3 is 0 Å². The summed E-state index contributed by atoms with van der Waals surface area (Å²) in [6.07, 6.45) is 0.816. The van der Waals surface area contributed by atoms with Gasteiger partial charge in [0.05, 0.1) is 13.2 Å². The Morgan fingerprint density at radius 3 is 2.67 bits per heavy atom. The second-order valence-electron chi connectivity index (χ2n) is 1.23. The van der Waals surface area contributed by atoms with Crippen LogP contribution >= 0.6 is 0 Å². The predicted octanol–water partition coefficient (Wildman–Crippen LogP) is 0.508. The molecule has 1 saturated heterocycles. The van der Waals surface area contributed by atoms with E-state index in [1.165, 1.54) is 0 Å². The molecule has 0 bridgehead atoms. The minimum Gasteiger partial charge on any atom is -0.270 e. The summed E-state index contributed by atoms with van der Waals surface area (Å²) in [7, 11) is 0. The Labute approximate surface area is 35.4 Å². The van der Waals surface area contributed by atoms with E-state index < -0.39 is 0 Å². The number of hydrogen-bond donors (Lipinski definition) is 0. The van der Waals surface area contributed by atoms with Crippen molar-refractivity contribution in [2.45, 2.75) is 6.42 Å². The van der Waals surface area contributed by atoms with Gasteiger partial charge in [-0.3, -0.25) is 4.84 Å². The second-order valence-corrected chi connectivity index (χ2v) is 1.23. The van der Waals surface area contributed by atoms with E-state index in [9.17, 15) is 4.48 Å². The van der Waals surface area contributed by atoms with E-state index in [1.807, 2.05) is 0 Å². The van der Waals surface area contributed by atoms with E-state index in [0.717, 1.165) is 6.42 Å². The maximum absolute atomic E-state index is 11.5. The monoisotopic (exact) mass is 91.0 g/mol. The molecule has 0 aromatic rings. The van der Waals surface area contributed by atoms with E-state index in [-0.39, 0.29) is 0 Å². The molecule has 2 nitrogen and oxygen atoms in total. The smallest absolute Gasteiger partial charge is 0.0728 e. The molecule has 0 unspecified atom stereocenters. The highest BCUT2D eigenvalue weighted by Crippen LogP contribution is 2.01. The van der Waals surface area contributed by atoms with Crippen molar-refractivity contribution < 1.29 is 9.32 Å². The van der Waals surface area contributed by atoms with Gasteiger partial charge in [-0.05, 0) is 11.7 Å². The fraction of sp³-hybridized carbons (Fsp3) is 1.00. The SMILES string of the molecule is FN1CCCO1. The van der Waals surface area contributed by atoms with Gasteiger partial charge in [0.25, 0.3) is 0 Å². The summed E-state index contributed by atoms with van der Waals surface area (Å²) in [5.41, 5.74) is 0. The van der Waals surface area contributed by atoms with Crippen LogP contribution in [-0.2, 0) is 4.84 Å². The minimum absolute atomic E-state index is 0.361. The molecule has 0 spiro atoms. The van der Waals surface area contributed by atoms with Crippen LogP contribution < -0.4 is 0 Å². The minimum atomic E-state index is 0.361. The number of hydrogen-bond acceptors (Lipinski definition) is 2. The topological polar surface area (TPSA) is 12.5 Å². The van der Waals surface area contributed by atoms with Crippen molar-refractivity contribution >= 4 is 0 Å². The molecule has 1 fully saturated rings. The Bertz CT molecular complexity index is 44.1. The van der Waals surface area contributed by atoms with Crippen molar-refractivity contribution in [2.24, 2.45) is 0 Å². The second kappa shape index (κ2) is 1.53. The van der Waals surface area contributed by atoms with Gasteiger partial charge in [-0.1, -0.05) is 0 Å². The average Bonchev–Trinajstić information content (AvgIpc) is 1.86. The van der Waals surface area contributed by atoms with Crippen LogP contribution in [0.15, 0.2) is 0 Å². The Morgan fingerprint density at radius 1 is 1.67 bits per heavy atom. The lowest BCUT2D eigenvalue weighted by atomic mass is 10.5. The summed E-state index contributed by atoms with van der Waals surface area (Å²) in [5, 5.41) is 0.361. The Hall–Kier alpha value is -0.150. The molecule has 0 amide bonds. The summed E-state index contributed by atoms with van der Waals surface area (Å²) in [6, 6.07) is 0. The van der Waals surface area contributed by atoms with Crippen LogP contribution in [0.2, 0.25) is 0 Å². The Kier molecular flexibility index (Phi) is 1.03. The quantitative estimate of drug-likeness (QED) is 0.403. The van der Waals surface area contributed by atoms with E-state index in [1.54, 1.807) is 0 Å². The Balaban J connectivity index is 2.18. The lowest BCUT2D eigenvalue weighted by Gasteiger charge is -1.93. The molecule has 0 radical (unpaired) electrons. The molecule has 3 heteroatoms. The molecular formula is C3H6FNO. The van der Waals surface area contributed by atoms with Crippen LogP contribution in [0.25, 0.3) is 0 Å². The zero-order chi connectivity index (χ0) is 4.41. The summed E-state index contributed by atoms with van der Waals surface area (Å²) in [4.78, 5) is 4.32. The third-order valence-corrected chi connectivity index (χ3v) is 0.710. The van der Waals surface area contributed by atoms with E-state index in [0.29, 0.717) is 18.4 Å². The largest absolute Gasteiger partial charge is 0.270 e. The standard InChI is InChI=1S/C3H6FNO/c4-5-2-1-3-6-5/h1-3H2. The van der Waals surface area contributed by atoms with Gasteiger partial charge in [0.2, 0.25) is 0 Å². The van der Waals surface area contributed by atoms with Crippen LogP contribution in [0, 0.1) is 0 Å². The molecule has 1 rings (SSSR count). The van der Waals surface area contributed by atoms with Gasteiger partial charge in [-0.15, -0.1) is 4.48 Å². The van der Waals surface area contributed by atoms with Gasteiger partial charge < -0.3 is 0 Å². The molecule has 0 N–H and O–H groups in total. The van der Waals surface area contributed by atoms with Gasteiger partial charge in [-0.2, -0.15) is 0 Å². The first-order valence-corrected chi connectivity index (χ1v) is 1.96. The number of rotatable bonds is 0. The van der Waals surface area contributed by atoms with Crippen molar-refractivity contribution in [1.29, 1.82) is 0 Å². The van der Waals surface area contributed by atoms with Gasteiger partial charge in [-0.25, -0.2) is 0 Å². The average molecular weight is 91.1 g/mol. The molecule has 0 atom stereocenters. The molecule has 0 aliphatic carbocycles. The number of halogens is 1. The first-order chi connectivity index (χ1) is 2.89. The van der Waals surface area contributed by atoms with Gasteiger partial charge in [0, 0.05) is 0 Å². The molecule has 1 aliphatic heterocycles. The summed E-state index contributed by atoms with van der Waals surface area (Å²) >= 11 is 0. The summed E-state index contributed by atoms with van der Waals surface area (Å²) in [6.45, 7) is 0.969. The van der Waals surface area contributed by atoms with E-state index in [4.69, 9.17) is 0 Å². The molecular weight excluding hydrogens is 85.0 g/mol. The summed E-state index contributed by atoms with van der Waals surface area (Å²) in [5.74, 6) is 0. The van der Waals surface area contributed by atoms with Crippen LogP contribution in [-0.4, -0.2) is 18.4 Å². The first-order valence-electron chi connectivity index (χ1n) is 1.96. The zero-order valence-electron chi connectivity index (χ0n) is 3.35. The van der Waals surface area contributed by atoms with Crippen LogP contribution in [0.1, 0.15) is 6.42 Å². The number of nitrogens with zero attached hydrogens (tertiary/aromatic N) is 1. The van der Waals surface area contributed by atoms with Crippen LogP contribution in [0.5, 0.6) is 0 Å². The van der Waals surface area contributed by atoms with Crippen molar-refractivity contribution in [3.63, 3.8) is 0 Å². The fourth-order valence-electron chi connectivity index (χ4n) is 0.417. The highest BCUT2D eigenvalue weighted by molar-refractivity contribution is 4.40. The Morgan fingerprint density at radius 2 is 2.50 bits per heavy atom. The van der Waals surface area contributed by atoms with Crippen LogP contribution in [0.4, 0.5) is 4.48 Å². The third-order valence-electron chi connectivity index (χ3n) is 0.710. The predicted molar refractivity (Wildman–Crippen MR) is 18.4 cm³/mol. The molecule has 0 aromatic heterocycles. The normalized spacial score (nSPS) is 25.5. The van der Waals surface area contributed by atoms with Crippen molar-refractivity contribution in [2.75, 3.05) is 13.2 Å². The fourth-order valence-corrected chi connectivity index (χ4v) is 0.417. The van der Waals surface area contributed by atoms with Crippen molar-refractivity contribution in [1.82, 2.24) is 5.29 Å². The third kappa shape index (κ3) is 0.666.